The fourth-order valence-electron chi connectivity index (χ4n) is 0.764. The highest BCUT2D eigenvalue weighted by atomic mass is 16.5. The van der Waals surface area contributed by atoms with Crippen molar-refractivity contribution in [2.75, 3.05) is 13.2 Å². The maximum absolute atomic E-state index is 5.29. The predicted octanol–water partition coefficient (Wildman–Crippen LogP) is 2.09. The lowest BCUT2D eigenvalue weighted by Gasteiger charge is -2.09. The van der Waals surface area contributed by atoms with Gasteiger partial charge in [0, 0.05) is 12.6 Å². The molecule has 2 heteroatoms. The first-order valence-corrected chi connectivity index (χ1v) is 4.34. The number of allylic oxidation sites excluding steroid dienone is 2. The van der Waals surface area contributed by atoms with E-state index < -0.39 is 0 Å². The van der Waals surface area contributed by atoms with Crippen LogP contribution in [-0.2, 0) is 4.74 Å². The van der Waals surface area contributed by atoms with Crippen molar-refractivity contribution in [2.45, 2.75) is 26.8 Å². The van der Waals surface area contributed by atoms with Gasteiger partial charge in [-0.15, -0.1) is 0 Å². The monoisotopic (exact) mass is 169 g/mol. The molecule has 0 spiro atoms. The summed E-state index contributed by atoms with van der Waals surface area (Å²) >= 11 is 0. The summed E-state index contributed by atoms with van der Waals surface area (Å²) in [5.41, 5.74) is 0. The van der Waals surface area contributed by atoms with Crippen molar-refractivity contribution in [3.05, 3.63) is 24.5 Å². The normalized spacial score (nSPS) is 11.0. The smallest absolute Gasteiger partial charge is 0.111 e. The molecular formula is C10H19NO. The quantitative estimate of drug-likeness (QED) is 0.373. The van der Waals surface area contributed by atoms with E-state index >= 15 is 0 Å². The van der Waals surface area contributed by atoms with Crippen molar-refractivity contribution in [1.29, 1.82) is 0 Å². The lowest BCUT2D eigenvalue weighted by Crippen LogP contribution is -2.26. The van der Waals surface area contributed by atoms with E-state index in [1.54, 1.807) is 0 Å². The molecule has 0 aromatic carbocycles. The predicted molar refractivity (Wildman–Crippen MR) is 53.0 cm³/mol. The number of nitrogens with one attached hydrogen (secondary N) is 1. The third kappa shape index (κ3) is 7.35. The molecule has 0 fully saturated rings. The van der Waals surface area contributed by atoms with E-state index in [9.17, 15) is 0 Å². The minimum Gasteiger partial charge on any atom is -0.493 e. The van der Waals surface area contributed by atoms with Crippen molar-refractivity contribution in [3.8, 4) is 0 Å². The van der Waals surface area contributed by atoms with Crippen LogP contribution >= 0.6 is 0 Å². The van der Waals surface area contributed by atoms with E-state index in [0.29, 0.717) is 12.6 Å². The van der Waals surface area contributed by atoms with Crippen molar-refractivity contribution in [3.63, 3.8) is 0 Å². The van der Waals surface area contributed by atoms with E-state index in [1.165, 1.54) is 0 Å². The Morgan fingerprint density at radius 1 is 1.58 bits per heavy atom. The third-order valence-electron chi connectivity index (χ3n) is 1.29. The number of hydrogen-bond acceptors (Lipinski definition) is 2. The zero-order valence-corrected chi connectivity index (χ0v) is 8.26. The van der Waals surface area contributed by atoms with E-state index in [4.69, 9.17) is 4.74 Å². The van der Waals surface area contributed by atoms with Crippen LogP contribution < -0.4 is 5.32 Å². The van der Waals surface area contributed by atoms with Gasteiger partial charge in [0.05, 0.1) is 0 Å². The topological polar surface area (TPSA) is 21.3 Å². The molecule has 0 saturated carbocycles. The Kier molecular flexibility index (Phi) is 6.48. The highest BCUT2D eigenvalue weighted by Crippen LogP contribution is 1.93. The molecule has 0 bridgehead atoms. The second-order valence-corrected chi connectivity index (χ2v) is 2.92. The Morgan fingerprint density at radius 3 is 2.75 bits per heavy atom. The zero-order chi connectivity index (χ0) is 9.40. The molecule has 0 rings (SSSR count). The van der Waals surface area contributed by atoms with Gasteiger partial charge in [0.2, 0.25) is 0 Å². The van der Waals surface area contributed by atoms with Gasteiger partial charge in [-0.2, -0.15) is 0 Å². The Morgan fingerprint density at radius 2 is 2.25 bits per heavy atom. The number of hydrogen-bond donors (Lipinski definition) is 1. The van der Waals surface area contributed by atoms with Crippen LogP contribution in [0.1, 0.15) is 20.8 Å². The fourth-order valence-corrected chi connectivity index (χ4v) is 0.764. The third-order valence-corrected chi connectivity index (χ3v) is 1.29. The van der Waals surface area contributed by atoms with Crippen LogP contribution in [-0.4, -0.2) is 19.2 Å². The van der Waals surface area contributed by atoms with Crippen LogP contribution in [0.4, 0.5) is 0 Å². The van der Waals surface area contributed by atoms with Crippen molar-refractivity contribution in [1.82, 2.24) is 5.32 Å². The molecule has 0 radical (unpaired) electrons. The van der Waals surface area contributed by atoms with Gasteiger partial charge in [-0.3, -0.25) is 0 Å². The summed E-state index contributed by atoms with van der Waals surface area (Å²) in [7, 11) is 0. The van der Waals surface area contributed by atoms with Gasteiger partial charge in [0.1, 0.15) is 12.4 Å². The Balaban J connectivity index is 3.25. The standard InChI is InChI=1S/C10H19NO/c1-5-6-10(4)12-8-7-11-9(2)3/h5-6,9,11H,4,7-8H2,1-3H3/b6-5-. The summed E-state index contributed by atoms with van der Waals surface area (Å²) in [6.07, 6.45) is 3.77. The average Bonchev–Trinajstić information content (AvgIpc) is 1.98. The highest BCUT2D eigenvalue weighted by molar-refractivity contribution is 5.05. The van der Waals surface area contributed by atoms with Crippen molar-refractivity contribution < 1.29 is 4.74 Å². The Hall–Kier alpha value is -0.760. The first-order chi connectivity index (χ1) is 5.66. The molecule has 0 amide bonds. The Labute approximate surface area is 75.3 Å². The highest BCUT2D eigenvalue weighted by Gasteiger charge is 1.91. The van der Waals surface area contributed by atoms with Gasteiger partial charge in [-0.1, -0.05) is 26.5 Å². The zero-order valence-electron chi connectivity index (χ0n) is 8.26. The molecular weight excluding hydrogens is 150 g/mol. The van der Waals surface area contributed by atoms with Gasteiger partial charge in [0.15, 0.2) is 0 Å². The molecule has 0 saturated heterocycles. The summed E-state index contributed by atoms with van der Waals surface area (Å²) in [5.74, 6) is 0.725. The summed E-state index contributed by atoms with van der Waals surface area (Å²) in [5, 5.41) is 3.25. The molecule has 0 aliphatic heterocycles. The summed E-state index contributed by atoms with van der Waals surface area (Å²) < 4.78 is 5.29. The van der Waals surface area contributed by atoms with Crippen LogP contribution in [0.3, 0.4) is 0 Å². The summed E-state index contributed by atoms with van der Waals surface area (Å²) in [6.45, 7) is 11.4. The van der Waals surface area contributed by atoms with Gasteiger partial charge in [0.25, 0.3) is 0 Å². The number of ether oxygens (including phenoxy) is 1. The maximum Gasteiger partial charge on any atom is 0.111 e. The minimum absolute atomic E-state index is 0.517. The van der Waals surface area contributed by atoms with Gasteiger partial charge in [-0.25, -0.2) is 0 Å². The number of rotatable bonds is 6. The minimum atomic E-state index is 0.517. The van der Waals surface area contributed by atoms with Crippen LogP contribution in [0, 0.1) is 0 Å². The lowest BCUT2D eigenvalue weighted by atomic mass is 10.4. The van der Waals surface area contributed by atoms with E-state index in [-0.39, 0.29) is 0 Å². The first-order valence-electron chi connectivity index (χ1n) is 4.34. The largest absolute Gasteiger partial charge is 0.493 e. The van der Waals surface area contributed by atoms with Gasteiger partial charge >= 0.3 is 0 Å². The fraction of sp³-hybridized carbons (Fsp3) is 0.600. The van der Waals surface area contributed by atoms with Crippen LogP contribution in [0.2, 0.25) is 0 Å². The molecule has 0 aliphatic carbocycles. The molecule has 12 heavy (non-hydrogen) atoms. The summed E-state index contributed by atoms with van der Waals surface area (Å²) in [6, 6.07) is 0.517. The van der Waals surface area contributed by atoms with Crippen LogP contribution in [0.5, 0.6) is 0 Å². The molecule has 0 aliphatic rings. The average molecular weight is 169 g/mol. The first kappa shape index (κ1) is 11.2. The van der Waals surface area contributed by atoms with E-state index in [1.807, 2.05) is 19.1 Å². The molecule has 0 aromatic rings. The van der Waals surface area contributed by atoms with E-state index in [0.717, 1.165) is 12.3 Å². The SMILES string of the molecule is C=C(/C=C\C)OCCNC(C)C. The molecule has 70 valence electrons. The maximum atomic E-state index is 5.29. The summed E-state index contributed by atoms with van der Waals surface area (Å²) in [4.78, 5) is 0. The molecule has 0 aromatic heterocycles. The second-order valence-electron chi connectivity index (χ2n) is 2.92. The van der Waals surface area contributed by atoms with E-state index in [2.05, 4.69) is 25.7 Å². The molecule has 2 nitrogen and oxygen atoms in total. The van der Waals surface area contributed by atoms with Crippen LogP contribution in [0.15, 0.2) is 24.5 Å². The Bertz CT molecular complexity index is 150. The van der Waals surface area contributed by atoms with Crippen molar-refractivity contribution in [2.24, 2.45) is 0 Å². The molecule has 0 heterocycles. The molecule has 0 atom stereocenters. The molecule has 1 N–H and O–H groups in total. The van der Waals surface area contributed by atoms with Crippen LogP contribution in [0.25, 0.3) is 0 Å². The lowest BCUT2D eigenvalue weighted by molar-refractivity contribution is 0.223. The van der Waals surface area contributed by atoms with Gasteiger partial charge in [-0.05, 0) is 13.0 Å². The van der Waals surface area contributed by atoms with Gasteiger partial charge < -0.3 is 10.1 Å². The molecule has 0 unspecified atom stereocenters. The van der Waals surface area contributed by atoms with Crippen molar-refractivity contribution >= 4 is 0 Å². The second kappa shape index (κ2) is 6.92.